The Morgan fingerprint density at radius 2 is 2.33 bits per heavy atom. The molecule has 2 rings (SSSR count). The zero-order valence-corrected chi connectivity index (χ0v) is 10.6. The third kappa shape index (κ3) is 4.21. The molecule has 1 aliphatic heterocycles. The quantitative estimate of drug-likeness (QED) is 0.793. The van der Waals surface area contributed by atoms with Crippen molar-refractivity contribution in [1.29, 1.82) is 0 Å². The van der Waals surface area contributed by atoms with Crippen LogP contribution in [-0.2, 0) is 9.53 Å². The molecule has 1 amide bonds. The number of nitrogens with zero attached hydrogens (tertiary/aromatic N) is 2. The third-order valence-electron chi connectivity index (χ3n) is 2.63. The predicted octanol–water partition coefficient (Wildman–Crippen LogP) is 0.837. The second-order valence-electron chi connectivity index (χ2n) is 4.02. The van der Waals surface area contributed by atoms with Gasteiger partial charge in [0.2, 0.25) is 5.28 Å². The smallest absolute Gasteiger partial charge is 0.251 e. The lowest BCUT2D eigenvalue weighted by Crippen LogP contribution is -2.34. The molecule has 6 nitrogen and oxygen atoms in total. The van der Waals surface area contributed by atoms with Gasteiger partial charge in [0, 0.05) is 6.20 Å². The normalized spacial score (nSPS) is 16.5. The van der Waals surface area contributed by atoms with Gasteiger partial charge >= 0.3 is 0 Å². The molecule has 1 aromatic rings. The molecule has 1 aromatic heterocycles. The molecule has 0 saturated carbocycles. The molecular weight excluding hydrogens is 256 g/mol. The molecule has 0 radical (unpaired) electrons. The maximum absolute atomic E-state index is 11.6. The van der Waals surface area contributed by atoms with Gasteiger partial charge < -0.3 is 15.4 Å². The van der Waals surface area contributed by atoms with E-state index in [1.165, 1.54) is 6.20 Å². The summed E-state index contributed by atoms with van der Waals surface area (Å²) in [6, 6.07) is 1.58. The van der Waals surface area contributed by atoms with Crippen molar-refractivity contribution in [3.63, 3.8) is 0 Å². The van der Waals surface area contributed by atoms with Crippen LogP contribution in [0.2, 0.25) is 5.28 Å². The first-order valence-corrected chi connectivity index (χ1v) is 6.22. The van der Waals surface area contributed by atoms with Gasteiger partial charge in [-0.2, -0.15) is 0 Å². The number of hydrogen-bond donors (Lipinski definition) is 2. The van der Waals surface area contributed by atoms with Crippen molar-refractivity contribution in [3.05, 3.63) is 17.5 Å². The third-order valence-corrected chi connectivity index (χ3v) is 2.81. The molecule has 0 unspecified atom stereocenters. The van der Waals surface area contributed by atoms with E-state index in [0.29, 0.717) is 5.82 Å². The molecule has 1 saturated heterocycles. The van der Waals surface area contributed by atoms with E-state index in [1.54, 1.807) is 6.07 Å². The number of halogens is 1. The molecule has 0 aliphatic carbocycles. The van der Waals surface area contributed by atoms with Crippen LogP contribution in [0.25, 0.3) is 0 Å². The molecule has 0 bridgehead atoms. The highest BCUT2D eigenvalue weighted by molar-refractivity contribution is 6.28. The Kier molecular flexibility index (Phi) is 4.86. The Morgan fingerprint density at radius 1 is 1.56 bits per heavy atom. The molecule has 2 N–H and O–H groups in total. The van der Waals surface area contributed by atoms with Crippen LogP contribution in [0.3, 0.4) is 0 Å². The number of nitrogens with one attached hydrogen (secondary N) is 2. The highest BCUT2D eigenvalue weighted by Crippen LogP contribution is 2.08. The van der Waals surface area contributed by atoms with Crippen molar-refractivity contribution in [2.45, 2.75) is 18.9 Å². The minimum atomic E-state index is -0.233. The highest BCUT2D eigenvalue weighted by Gasteiger charge is 2.15. The molecule has 98 valence electrons. The van der Waals surface area contributed by atoms with E-state index in [4.69, 9.17) is 16.3 Å². The minimum Gasteiger partial charge on any atom is -0.368 e. The summed E-state index contributed by atoms with van der Waals surface area (Å²) in [6.07, 6.45) is 3.52. The number of carbonyl (C=O) groups is 1. The van der Waals surface area contributed by atoms with Crippen LogP contribution in [-0.4, -0.2) is 41.7 Å². The van der Waals surface area contributed by atoms with E-state index in [1.807, 2.05) is 0 Å². The molecule has 2 heterocycles. The summed E-state index contributed by atoms with van der Waals surface area (Å²) < 4.78 is 5.52. The molecule has 0 spiro atoms. The van der Waals surface area contributed by atoms with Crippen LogP contribution in [0, 0.1) is 0 Å². The number of hydrogen-bond acceptors (Lipinski definition) is 5. The average molecular weight is 271 g/mol. The summed E-state index contributed by atoms with van der Waals surface area (Å²) in [6.45, 7) is 1.91. The fourth-order valence-electron chi connectivity index (χ4n) is 1.74. The zero-order valence-electron chi connectivity index (χ0n) is 9.86. The van der Waals surface area contributed by atoms with Crippen molar-refractivity contribution >= 4 is 23.3 Å². The van der Waals surface area contributed by atoms with Crippen LogP contribution in [0.1, 0.15) is 12.8 Å². The Morgan fingerprint density at radius 3 is 3.06 bits per heavy atom. The lowest BCUT2D eigenvalue weighted by Gasteiger charge is -2.22. The number of amides is 1. The Hall–Kier alpha value is -1.24. The summed E-state index contributed by atoms with van der Waals surface area (Å²) in [5, 5.41) is 5.95. The van der Waals surface area contributed by atoms with Gasteiger partial charge in [0.1, 0.15) is 12.4 Å². The van der Waals surface area contributed by atoms with Crippen LogP contribution >= 0.6 is 11.6 Å². The largest absolute Gasteiger partial charge is 0.368 e. The van der Waals surface area contributed by atoms with Gasteiger partial charge in [-0.05, 0) is 43.6 Å². The van der Waals surface area contributed by atoms with Crippen molar-refractivity contribution in [1.82, 2.24) is 15.3 Å². The number of rotatable bonds is 4. The summed E-state index contributed by atoms with van der Waals surface area (Å²) in [4.78, 5) is 19.2. The van der Waals surface area contributed by atoms with Crippen LogP contribution in [0.5, 0.6) is 0 Å². The molecule has 0 aromatic carbocycles. The zero-order chi connectivity index (χ0) is 12.8. The van der Waals surface area contributed by atoms with E-state index >= 15 is 0 Å². The van der Waals surface area contributed by atoms with Gasteiger partial charge in [0.25, 0.3) is 5.91 Å². The van der Waals surface area contributed by atoms with Crippen molar-refractivity contribution in [3.8, 4) is 0 Å². The van der Waals surface area contributed by atoms with Crippen molar-refractivity contribution < 1.29 is 9.53 Å². The van der Waals surface area contributed by atoms with E-state index in [2.05, 4.69) is 20.6 Å². The second-order valence-corrected chi connectivity index (χ2v) is 4.36. The minimum absolute atomic E-state index is 0.0340. The molecule has 18 heavy (non-hydrogen) atoms. The maximum Gasteiger partial charge on any atom is 0.251 e. The van der Waals surface area contributed by atoms with Crippen molar-refractivity contribution in [2.75, 3.05) is 25.0 Å². The molecule has 7 heteroatoms. The molecule has 1 fully saturated rings. The van der Waals surface area contributed by atoms with E-state index in [-0.39, 0.29) is 23.9 Å². The summed E-state index contributed by atoms with van der Waals surface area (Å²) in [5.74, 6) is 0.150. The first kappa shape index (κ1) is 13.2. The summed E-state index contributed by atoms with van der Waals surface area (Å²) in [7, 11) is 0. The van der Waals surface area contributed by atoms with Crippen molar-refractivity contribution in [2.24, 2.45) is 0 Å². The lowest BCUT2D eigenvalue weighted by atomic mass is 10.1. The SMILES string of the molecule is O=C(COC1CCNCC1)Nc1ccnc(Cl)n1. The van der Waals surface area contributed by atoms with Gasteiger partial charge in [0.15, 0.2) is 0 Å². The van der Waals surface area contributed by atoms with E-state index < -0.39 is 0 Å². The van der Waals surface area contributed by atoms with Crippen LogP contribution < -0.4 is 10.6 Å². The molecule has 1 aliphatic rings. The standard InChI is InChI=1S/C11H15ClN4O2/c12-11-14-6-3-9(16-11)15-10(17)7-18-8-1-4-13-5-2-8/h3,6,8,13H,1-2,4-5,7H2,(H,14,15,16,17). The Bertz CT molecular complexity index is 410. The first-order valence-electron chi connectivity index (χ1n) is 5.85. The van der Waals surface area contributed by atoms with Crippen LogP contribution in [0.4, 0.5) is 5.82 Å². The summed E-state index contributed by atoms with van der Waals surface area (Å²) >= 11 is 5.62. The summed E-state index contributed by atoms with van der Waals surface area (Å²) in [5.41, 5.74) is 0. The van der Waals surface area contributed by atoms with Crippen LogP contribution in [0.15, 0.2) is 12.3 Å². The highest BCUT2D eigenvalue weighted by atomic mass is 35.5. The van der Waals surface area contributed by atoms with Gasteiger partial charge in [0.05, 0.1) is 6.10 Å². The molecular formula is C11H15ClN4O2. The fourth-order valence-corrected chi connectivity index (χ4v) is 1.89. The maximum atomic E-state index is 11.6. The number of carbonyl (C=O) groups excluding carboxylic acids is 1. The monoisotopic (exact) mass is 270 g/mol. The Labute approximate surface area is 110 Å². The second kappa shape index (κ2) is 6.63. The first-order chi connectivity index (χ1) is 8.74. The lowest BCUT2D eigenvalue weighted by molar-refractivity contribution is -0.123. The Balaban J connectivity index is 1.74. The van der Waals surface area contributed by atoms with E-state index in [0.717, 1.165) is 25.9 Å². The predicted molar refractivity (Wildman–Crippen MR) is 67.5 cm³/mol. The van der Waals surface area contributed by atoms with Gasteiger partial charge in [-0.1, -0.05) is 0 Å². The number of ether oxygens (including phenoxy) is 1. The number of piperidine rings is 1. The van der Waals surface area contributed by atoms with Gasteiger partial charge in [-0.15, -0.1) is 0 Å². The number of aromatic nitrogens is 2. The van der Waals surface area contributed by atoms with Gasteiger partial charge in [-0.25, -0.2) is 9.97 Å². The average Bonchev–Trinajstić information content (AvgIpc) is 2.38. The topological polar surface area (TPSA) is 76.1 Å². The van der Waals surface area contributed by atoms with E-state index in [9.17, 15) is 4.79 Å². The fraction of sp³-hybridized carbons (Fsp3) is 0.545. The molecule has 0 atom stereocenters. The number of anilines is 1. The van der Waals surface area contributed by atoms with Gasteiger partial charge in [-0.3, -0.25) is 4.79 Å².